The Morgan fingerprint density at radius 2 is 1.18 bits per heavy atom. The molecule has 3 heteroatoms. The zero-order valence-corrected chi connectivity index (χ0v) is 13.1. The predicted octanol–water partition coefficient (Wildman–Crippen LogP) is 5.32. The molecule has 0 amide bonds. The number of rotatable bonds is 0. The molecule has 0 radical (unpaired) electrons. The molecule has 1 aromatic carbocycles. The molecule has 0 aliphatic carbocycles. The number of aromatic hydroxyl groups is 1. The molecule has 0 saturated carbocycles. The summed E-state index contributed by atoms with van der Waals surface area (Å²) in [6, 6.07) is 11.1. The van der Waals surface area contributed by atoms with E-state index in [1.54, 1.807) is 54.2 Å². The van der Waals surface area contributed by atoms with Crippen LogP contribution in [0.1, 0.15) is 0 Å². The Bertz CT molecular complexity index is 1170. The van der Waals surface area contributed by atoms with Gasteiger partial charge in [-0.2, -0.15) is 0 Å². The summed E-state index contributed by atoms with van der Waals surface area (Å²) in [6.07, 6.45) is 0. The van der Waals surface area contributed by atoms with Gasteiger partial charge in [-0.15, -0.1) is 0 Å². The first kappa shape index (κ1) is 8.70. The normalized spacial score (nSPS) is 90.5. The molecule has 10 aliphatic heterocycles. The van der Waals surface area contributed by atoms with E-state index in [-0.39, 0.29) is 5.88 Å². The quantitative estimate of drug-likeness (QED) is 0.663. The summed E-state index contributed by atoms with van der Waals surface area (Å²) < 4.78 is 0. The van der Waals surface area contributed by atoms with Crippen molar-refractivity contribution in [1.29, 1.82) is 0 Å². The summed E-state index contributed by atoms with van der Waals surface area (Å²) in [5, 5.41) is 10.1. The molecule has 12 rings (SSSR count). The van der Waals surface area contributed by atoms with Gasteiger partial charge in [0.2, 0.25) is 5.88 Å². The van der Waals surface area contributed by atoms with Gasteiger partial charge in [-0.25, -0.2) is 4.98 Å². The van der Waals surface area contributed by atoms with Crippen LogP contribution in [0.4, 0.5) is 0 Å². The number of hydrogen-bond donors (Lipinski definition) is 1. The summed E-state index contributed by atoms with van der Waals surface area (Å²) in [6.45, 7) is -2.28. The van der Waals surface area contributed by atoms with Crippen molar-refractivity contribution in [3.8, 4) is 5.88 Å². The zero-order valence-electron chi connectivity index (χ0n) is 12.0. The Morgan fingerprint density at radius 1 is 0.682 bits per heavy atom. The molecule has 2 aromatic rings. The molecule has 22 heavy (non-hydrogen) atoms. The van der Waals surface area contributed by atoms with Gasteiger partial charge in [0.25, 0.3) is 0 Å². The van der Waals surface area contributed by atoms with E-state index in [1.165, 1.54) is 0 Å². The Balaban J connectivity index is 0.0000000776. The van der Waals surface area contributed by atoms with Crippen molar-refractivity contribution in [2.75, 3.05) is 0 Å². The molecule has 0 atom stereocenters. The van der Waals surface area contributed by atoms with Crippen LogP contribution in [-0.4, -0.2) is 10.1 Å². The van der Waals surface area contributed by atoms with Crippen LogP contribution in [0, 0.1) is 0 Å². The molecule has 11 heterocycles. The summed E-state index contributed by atoms with van der Waals surface area (Å²) in [4.78, 5) is 19.8. The fraction of sp³-hybridized carbons (Fsp3) is 0.526. The number of para-hydroxylation sites is 1. The van der Waals surface area contributed by atoms with Gasteiger partial charge in [-0.05, 0) is 12.1 Å². The van der Waals surface area contributed by atoms with E-state index in [2.05, 4.69) is 4.98 Å². The van der Waals surface area contributed by atoms with Gasteiger partial charge < -0.3 is 5.11 Å². The van der Waals surface area contributed by atoms with E-state index in [0.717, 1.165) is 10.9 Å². The Kier molecular flexibility index (Phi) is 0.350. The molecule has 10 fully saturated rings. The van der Waals surface area contributed by atoms with Crippen LogP contribution in [0.15, 0.2) is 36.4 Å². The molecule has 0 bridgehead atoms. The Labute approximate surface area is 118 Å². The van der Waals surface area contributed by atoms with Crippen LogP contribution in [-0.2, 0) is 6.51 Å². The van der Waals surface area contributed by atoms with Crippen molar-refractivity contribution in [2.45, 2.75) is 48.2 Å². The predicted molar refractivity (Wildman–Crippen MR) is 80.9 cm³/mol. The summed E-state index contributed by atoms with van der Waals surface area (Å²) >= 11 is 0. The topological polar surface area (TPSA) is 33.1 Å². The first-order chi connectivity index (χ1) is 10.5. The third-order valence-corrected chi connectivity index (χ3v) is 58.1. The minimum atomic E-state index is -2.28. The number of aromatic nitrogens is 1. The summed E-state index contributed by atoms with van der Waals surface area (Å²) in [7, 11) is 0. The molecule has 1 N–H and O–H groups in total. The van der Waals surface area contributed by atoms with Gasteiger partial charge in [0.15, 0.2) is 0 Å². The van der Waals surface area contributed by atoms with Crippen LogP contribution in [0.25, 0.3) is 10.9 Å². The average molecular weight is 331 g/mol. The fourth-order valence-electron chi connectivity index (χ4n) is 16.9. The second kappa shape index (κ2) is 0.885. The number of nitrogens with zero attached hydrogens (tertiary/aromatic N) is 1. The van der Waals surface area contributed by atoms with Crippen molar-refractivity contribution in [3.63, 3.8) is 0 Å². The van der Waals surface area contributed by atoms with Crippen molar-refractivity contribution in [1.82, 2.24) is 4.98 Å². The monoisotopic (exact) mass is 331 g/mol. The van der Waals surface area contributed by atoms with E-state index in [9.17, 15) is 0 Å². The van der Waals surface area contributed by atoms with E-state index in [0.29, 0.717) is 0 Å². The van der Waals surface area contributed by atoms with Gasteiger partial charge in [-0.3, -0.25) is 0 Å². The molecule has 1 spiro atoms. The number of hydrogen-bond acceptors (Lipinski definition) is 2. The number of benzene rings is 1. The minimum absolute atomic E-state index is 0.0729. The molecule has 10 saturated heterocycles. The van der Waals surface area contributed by atoms with E-state index in [4.69, 9.17) is 5.11 Å². The molecule has 112 valence electrons. The molecule has 1 aromatic heterocycles. The molecule has 2 nitrogen and oxygen atoms in total. The Morgan fingerprint density at radius 3 is 1.64 bits per heavy atom. The summed E-state index contributed by atoms with van der Waals surface area (Å²) in [5.74, 6) is 0.0729. The summed E-state index contributed by atoms with van der Waals surface area (Å²) in [5.41, 5.74) is 0.826. The number of pyridine rings is 1. The maximum absolute atomic E-state index is 9.02. The van der Waals surface area contributed by atoms with Crippen LogP contribution in [0.5, 0.6) is 5.88 Å². The second-order valence-electron chi connectivity index (χ2n) is 11.9. The Hall–Kier alpha value is -1.05. The third-order valence-electron chi connectivity index (χ3n) is 16.1. The molecular formula is C19H17FeNO. The van der Waals surface area contributed by atoms with Crippen molar-refractivity contribution in [3.05, 3.63) is 36.4 Å². The van der Waals surface area contributed by atoms with E-state index in [1.807, 2.05) is 30.3 Å². The second-order valence-corrected chi connectivity index (χ2v) is 35.9. The fourth-order valence-corrected chi connectivity index (χ4v) is 89.0. The van der Waals surface area contributed by atoms with Crippen LogP contribution in [0.3, 0.4) is 0 Å². The van der Waals surface area contributed by atoms with Crippen molar-refractivity contribution in [2.24, 2.45) is 0 Å². The van der Waals surface area contributed by atoms with Crippen molar-refractivity contribution >= 4 is 10.9 Å². The van der Waals surface area contributed by atoms with Gasteiger partial charge in [0.05, 0.1) is 5.52 Å². The van der Waals surface area contributed by atoms with Crippen LogP contribution < -0.4 is 0 Å². The first-order valence-corrected chi connectivity index (χ1v) is 15.2. The van der Waals surface area contributed by atoms with Gasteiger partial charge in [0, 0.05) is 11.5 Å². The molecular weight excluding hydrogens is 314 g/mol. The standard InChI is InChI=1S/C9H7NO.2C5H5.Fe/c11-9-6-5-7-3-1-2-4-8(7)10-9;2*1-2-4-5-3-1;/h1-6H,(H,10,11);2*1-5H;. The van der Waals surface area contributed by atoms with E-state index >= 15 is 0 Å². The van der Waals surface area contributed by atoms with Gasteiger partial charge in [-0.1, -0.05) is 18.2 Å². The van der Waals surface area contributed by atoms with Gasteiger partial charge in [0.1, 0.15) is 0 Å². The SMILES string of the molecule is Oc1ccc2ccccc2n1.[CH]12[CH]3[CH]4[CH]5[CH]1[Fe]23451678[CH]2[CH]1[CH]6[CH]7[CH]28. The van der Waals surface area contributed by atoms with Gasteiger partial charge >= 0.3 is 54.7 Å². The van der Waals surface area contributed by atoms with Crippen LogP contribution in [0.2, 0.25) is 48.2 Å². The zero-order chi connectivity index (χ0) is 13.8. The van der Waals surface area contributed by atoms with Crippen molar-refractivity contribution < 1.29 is 11.6 Å². The number of fused-ring (bicyclic) bond motifs is 11. The van der Waals surface area contributed by atoms with E-state index < -0.39 is 6.51 Å². The third kappa shape index (κ3) is 0.127. The average Bonchev–Trinajstić information content (AvgIpc) is 3.48. The molecule has 10 aliphatic rings. The molecule has 0 unspecified atom stereocenters. The first-order valence-electron chi connectivity index (χ1n) is 8.78. The van der Waals surface area contributed by atoms with Crippen LogP contribution >= 0.6 is 0 Å². The maximum atomic E-state index is 9.02.